The maximum atomic E-state index is 9.75. The first-order chi connectivity index (χ1) is 6.91. The van der Waals surface area contributed by atoms with Gasteiger partial charge in [0.25, 0.3) is 0 Å². The van der Waals surface area contributed by atoms with Crippen molar-refractivity contribution in [2.45, 2.75) is 57.4 Å². The summed E-state index contributed by atoms with van der Waals surface area (Å²) in [7, 11) is 1.37. The van der Waals surface area contributed by atoms with Crippen molar-refractivity contribution in [3.63, 3.8) is 0 Å². The maximum absolute atomic E-state index is 9.75. The maximum Gasteiger partial charge on any atom is 0.234 e. The van der Waals surface area contributed by atoms with Gasteiger partial charge in [0, 0.05) is 10.2 Å². The minimum absolute atomic E-state index is 0.671. The summed E-state index contributed by atoms with van der Waals surface area (Å²) in [5.41, 5.74) is 0. The van der Waals surface area contributed by atoms with Crippen molar-refractivity contribution in [1.29, 1.82) is 0 Å². The molecule has 0 aromatic carbocycles. The summed E-state index contributed by atoms with van der Waals surface area (Å²) in [6, 6.07) is 1.46. The van der Waals surface area contributed by atoms with Gasteiger partial charge in [0.05, 0.1) is 6.54 Å². The monoisotopic (exact) mass is 213 g/mol. The molecule has 0 aromatic rings. The first-order valence-corrected chi connectivity index (χ1v) is 7.37. The summed E-state index contributed by atoms with van der Waals surface area (Å²) in [6.07, 6.45) is 12.2. The van der Waals surface area contributed by atoms with Crippen LogP contribution in [0.1, 0.15) is 51.4 Å². The molecule has 0 fully saturated rings. The molecule has 0 saturated carbocycles. The second kappa shape index (κ2) is 12.6. The summed E-state index contributed by atoms with van der Waals surface area (Å²) >= 11 is 0. The summed E-state index contributed by atoms with van der Waals surface area (Å²) < 4.78 is 0. The van der Waals surface area contributed by atoms with Crippen molar-refractivity contribution in [1.82, 2.24) is 0 Å². The number of hydrogen-bond donors (Lipinski definition) is 0. The number of unbranched alkanes of at least 4 members (excludes halogenated alkanes) is 7. The van der Waals surface area contributed by atoms with Crippen molar-refractivity contribution in [2.24, 2.45) is 4.99 Å². The van der Waals surface area contributed by atoms with Crippen LogP contribution >= 0.6 is 0 Å². The Labute approximate surface area is 90.6 Å². The molecule has 3 heteroatoms. The molecule has 0 N–H and O–H groups in total. The van der Waals surface area contributed by atoms with Crippen LogP contribution in [0.15, 0.2) is 4.99 Å². The van der Waals surface area contributed by atoms with Crippen LogP contribution in [0.25, 0.3) is 0 Å². The average molecular weight is 213 g/mol. The zero-order chi connectivity index (χ0) is 10.5. The Hall–Kier alpha value is -0.403. The van der Waals surface area contributed by atoms with E-state index in [4.69, 9.17) is 0 Å². The molecule has 0 aliphatic heterocycles. The first-order valence-electron chi connectivity index (χ1n) is 5.95. The van der Waals surface area contributed by atoms with Crippen LogP contribution in [0.3, 0.4) is 0 Å². The average Bonchev–Trinajstić information content (AvgIpc) is 2.21. The Kier molecular flexibility index (Phi) is 12.2. The van der Waals surface area contributed by atoms with Gasteiger partial charge >= 0.3 is 0 Å². The zero-order valence-corrected chi connectivity index (χ0v) is 11.4. The van der Waals surface area contributed by atoms with E-state index in [9.17, 15) is 4.79 Å². The third kappa shape index (κ3) is 11.6. The highest BCUT2D eigenvalue weighted by Crippen LogP contribution is 2.09. The molecule has 14 heavy (non-hydrogen) atoms. The molecule has 2 nitrogen and oxygen atoms in total. The number of aliphatic imine (C=N–C) groups is 1. The highest BCUT2D eigenvalue weighted by atomic mass is 28.1. The summed E-state index contributed by atoms with van der Waals surface area (Å²) in [5.74, 6) is 0. The van der Waals surface area contributed by atoms with E-state index in [-0.39, 0.29) is 0 Å². The molecule has 0 atom stereocenters. The third-order valence-corrected chi connectivity index (χ3v) is 3.15. The highest BCUT2D eigenvalue weighted by molar-refractivity contribution is 6.08. The normalized spacial score (nSPS) is 10.0. The second-order valence-corrected chi connectivity index (χ2v) is 4.80. The molecule has 0 rings (SSSR count). The summed E-state index contributed by atoms with van der Waals surface area (Å²) in [4.78, 5) is 13.3. The Morgan fingerprint density at radius 3 is 1.86 bits per heavy atom. The SMILES string of the molecule is O=C=NCCCCCCCCCC[SiH3]. The summed E-state index contributed by atoms with van der Waals surface area (Å²) in [5, 5.41) is 0. The predicted molar refractivity (Wildman–Crippen MR) is 64.7 cm³/mol. The van der Waals surface area contributed by atoms with Crippen LogP contribution in [0.5, 0.6) is 0 Å². The number of rotatable bonds is 10. The lowest BCUT2D eigenvalue weighted by Crippen LogP contribution is -1.83. The first kappa shape index (κ1) is 13.6. The molecule has 0 unspecified atom stereocenters. The molecule has 0 aliphatic rings. The van der Waals surface area contributed by atoms with E-state index in [0.717, 1.165) is 6.42 Å². The van der Waals surface area contributed by atoms with E-state index in [1.165, 1.54) is 61.2 Å². The van der Waals surface area contributed by atoms with Crippen LogP contribution in [-0.4, -0.2) is 22.9 Å². The molecule has 0 amide bonds. The lowest BCUT2D eigenvalue weighted by molar-refractivity contribution is 0.558. The lowest BCUT2D eigenvalue weighted by Gasteiger charge is -1.99. The second-order valence-electron chi connectivity index (χ2n) is 3.80. The van der Waals surface area contributed by atoms with Gasteiger partial charge in [0.15, 0.2) is 0 Å². The van der Waals surface area contributed by atoms with Crippen LogP contribution in [-0.2, 0) is 4.79 Å². The van der Waals surface area contributed by atoms with Crippen LogP contribution in [0, 0.1) is 0 Å². The topological polar surface area (TPSA) is 29.4 Å². The molecule has 82 valence electrons. The van der Waals surface area contributed by atoms with E-state index >= 15 is 0 Å². The van der Waals surface area contributed by atoms with E-state index in [1.807, 2.05) is 0 Å². The van der Waals surface area contributed by atoms with Gasteiger partial charge in [-0.1, -0.05) is 51.0 Å². The largest absolute Gasteiger partial charge is 0.234 e. The number of hydrogen-bond acceptors (Lipinski definition) is 2. The minimum atomic E-state index is 0.671. The van der Waals surface area contributed by atoms with Gasteiger partial charge in [-0.15, -0.1) is 0 Å². The standard InChI is InChI=1S/C11H23NOSi/c13-11-12-9-7-5-3-1-2-4-6-8-10-14/h1-10H2,14H3. The van der Waals surface area contributed by atoms with Gasteiger partial charge in [0.1, 0.15) is 0 Å². The Bertz CT molecular complexity index is 155. The van der Waals surface area contributed by atoms with Gasteiger partial charge < -0.3 is 0 Å². The van der Waals surface area contributed by atoms with Crippen molar-refractivity contribution in [2.75, 3.05) is 6.54 Å². The number of nitrogens with zero attached hydrogens (tertiary/aromatic N) is 1. The number of isocyanates is 1. The fraction of sp³-hybridized carbons (Fsp3) is 0.909. The van der Waals surface area contributed by atoms with Crippen molar-refractivity contribution in [3.8, 4) is 0 Å². The number of carbonyl (C=O) groups excluding carboxylic acids is 1. The smallest absolute Gasteiger partial charge is 0.211 e. The Morgan fingerprint density at radius 2 is 1.36 bits per heavy atom. The molecule has 0 aromatic heterocycles. The minimum Gasteiger partial charge on any atom is -0.211 e. The molecule has 0 aliphatic carbocycles. The van der Waals surface area contributed by atoms with Crippen molar-refractivity contribution < 1.29 is 4.79 Å². The van der Waals surface area contributed by atoms with Crippen LogP contribution in [0.2, 0.25) is 6.04 Å². The van der Waals surface area contributed by atoms with Gasteiger partial charge in [0.2, 0.25) is 6.08 Å². The van der Waals surface area contributed by atoms with Gasteiger partial charge in [-0.3, -0.25) is 0 Å². The summed E-state index contributed by atoms with van der Waals surface area (Å²) in [6.45, 7) is 0.671. The van der Waals surface area contributed by atoms with E-state index in [2.05, 4.69) is 4.99 Å². The van der Waals surface area contributed by atoms with E-state index < -0.39 is 0 Å². The fourth-order valence-electron chi connectivity index (χ4n) is 1.55. The molecular weight excluding hydrogens is 190 g/mol. The fourth-order valence-corrected chi connectivity index (χ4v) is 2.05. The van der Waals surface area contributed by atoms with Gasteiger partial charge in [-0.25, -0.2) is 9.79 Å². The van der Waals surface area contributed by atoms with E-state index in [1.54, 1.807) is 6.08 Å². The third-order valence-electron chi connectivity index (χ3n) is 2.44. The van der Waals surface area contributed by atoms with Crippen LogP contribution < -0.4 is 0 Å². The molecule has 0 radical (unpaired) electrons. The highest BCUT2D eigenvalue weighted by Gasteiger charge is 1.91. The Morgan fingerprint density at radius 1 is 0.857 bits per heavy atom. The van der Waals surface area contributed by atoms with Crippen molar-refractivity contribution in [3.05, 3.63) is 0 Å². The molecule has 0 saturated heterocycles. The molecule has 0 bridgehead atoms. The van der Waals surface area contributed by atoms with Crippen molar-refractivity contribution >= 4 is 16.3 Å². The molecule has 0 heterocycles. The lowest BCUT2D eigenvalue weighted by atomic mass is 10.1. The zero-order valence-electron chi connectivity index (χ0n) is 9.43. The van der Waals surface area contributed by atoms with Gasteiger partial charge in [-0.05, 0) is 6.42 Å². The molecular formula is C11H23NOSi. The van der Waals surface area contributed by atoms with E-state index in [0.29, 0.717) is 6.54 Å². The van der Waals surface area contributed by atoms with Gasteiger partial charge in [-0.2, -0.15) is 0 Å². The van der Waals surface area contributed by atoms with Crippen LogP contribution in [0.4, 0.5) is 0 Å². The quantitative estimate of drug-likeness (QED) is 0.237. The predicted octanol–water partition coefficient (Wildman–Crippen LogP) is 2.23. The molecule has 0 spiro atoms. The Balaban J connectivity index is 2.88.